The molecule has 0 radical (unpaired) electrons. The highest BCUT2D eigenvalue weighted by Crippen LogP contribution is 2.51. The molecule has 438 valence electrons. The van der Waals surface area contributed by atoms with Gasteiger partial charge in [-0.2, -0.15) is 56.3 Å². The van der Waals surface area contributed by atoms with Crippen molar-refractivity contribution in [1.29, 1.82) is 0 Å². The number of amides is 3. The van der Waals surface area contributed by atoms with Gasteiger partial charge in [0, 0.05) is 76.8 Å². The zero-order valence-corrected chi connectivity index (χ0v) is 45.4. The van der Waals surface area contributed by atoms with Crippen LogP contribution in [-0.4, -0.2) is 119 Å². The van der Waals surface area contributed by atoms with Gasteiger partial charge in [0.05, 0.1) is 33.3 Å². The van der Waals surface area contributed by atoms with E-state index in [0.29, 0.717) is 37.1 Å². The number of fused-ring (bicyclic) bond motifs is 2. The lowest BCUT2D eigenvalue weighted by molar-refractivity contribution is -0.192. The molecule has 7 N–H and O–H groups in total. The van der Waals surface area contributed by atoms with Crippen molar-refractivity contribution in [2.75, 3.05) is 49.0 Å². The van der Waals surface area contributed by atoms with E-state index in [4.69, 9.17) is 19.8 Å². The highest BCUT2D eigenvalue weighted by molar-refractivity contribution is 7.90. The maximum Gasteiger partial charge on any atom is 0.471 e. The largest absolute Gasteiger partial charge is 0.471 e. The van der Waals surface area contributed by atoms with Gasteiger partial charge < -0.3 is 29.5 Å². The molecular formula is C50H69F9N8O9S2. The van der Waals surface area contributed by atoms with Crippen LogP contribution in [0.25, 0.3) is 0 Å². The van der Waals surface area contributed by atoms with Crippen LogP contribution in [0.15, 0.2) is 24.3 Å². The van der Waals surface area contributed by atoms with Gasteiger partial charge in [-0.3, -0.25) is 23.8 Å². The molecular weight excluding hydrogens is 1090 g/mol. The van der Waals surface area contributed by atoms with Crippen LogP contribution in [-0.2, 0) is 82.6 Å². The quantitative estimate of drug-likeness (QED) is 0.135. The predicted molar refractivity (Wildman–Crippen MR) is 268 cm³/mol. The molecule has 78 heavy (non-hydrogen) atoms. The summed E-state index contributed by atoms with van der Waals surface area (Å²) in [5.41, 5.74) is -3.30. The molecule has 4 aliphatic heterocycles. The van der Waals surface area contributed by atoms with E-state index >= 15 is 0 Å². The first kappa shape index (κ1) is 61.1. The van der Waals surface area contributed by atoms with Gasteiger partial charge in [0.15, 0.2) is 0 Å². The van der Waals surface area contributed by atoms with Gasteiger partial charge >= 0.3 is 24.4 Å². The summed E-state index contributed by atoms with van der Waals surface area (Å²) in [4.78, 5) is 44.5. The van der Waals surface area contributed by atoms with E-state index in [1.165, 1.54) is 4.90 Å². The summed E-state index contributed by atoms with van der Waals surface area (Å²) < 4.78 is 184. The lowest BCUT2D eigenvalue weighted by Gasteiger charge is -2.42. The van der Waals surface area contributed by atoms with Crippen molar-refractivity contribution in [3.8, 4) is 0 Å². The van der Waals surface area contributed by atoms with Gasteiger partial charge in [0.25, 0.3) is 20.4 Å². The topological polar surface area (TPSA) is 236 Å². The summed E-state index contributed by atoms with van der Waals surface area (Å²) in [5, 5.41) is 13.8. The fraction of sp³-hybridized carbons (Fsp3) is 0.700. The third-order valence-corrected chi connectivity index (χ3v) is 17.7. The summed E-state index contributed by atoms with van der Waals surface area (Å²) in [5.74, 6) is -2.70. The average molecular weight is 1160 g/mol. The lowest BCUT2D eigenvalue weighted by Crippen LogP contribution is -2.54. The van der Waals surface area contributed by atoms with Crippen molar-refractivity contribution < 1.29 is 80.2 Å². The Labute approximate surface area is 448 Å². The van der Waals surface area contributed by atoms with Gasteiger partial charge in [0.2, 0.25) is 11.8 Å². The van der Waals surface area contributed by atoms with Crippen LogP contribution in [0.2, 0.25) is 0 Å². The van der Waals surface area contributed by atoms with Crippen LogP contribution >= 0.6 is 0 Å². The number of carbonyl (C=O) groups is 3. The van der Waals surface area contributed by atoms with Gasteiger partial charge in [-0.05, 0) is 135 Å². The highest BCUT2D eigenvalue weighted by Gasteiger charge is 2.56. The Bertz CT molecular complexity index is 2770. The van der Waals surface area contributed by atoms with Gasteiger partial charge in [-0.15, -0.1) is 0 Å². The van der Waals surface area contributed by atoms with E-state index in [-0.39, 0.29) is 130 Å². The zero-order chi connectivity index (χ0) is 57.6. The molecule has 2 aromatic rings. The molecule has 4 heterocycles. The third-order valence-electron chi connectivity index (χ3n) is 16.7. The normalized spacial score (nSPS) is 24.8. The molecule has 0 aromatic heterocycles. The number of rotatable bonds is 12. The summed E-state index contributed by atoms with van der Waals surface area (Å²) >= 11 is 0. The smallest absolute Gasteiger partial charge is 0.381 e. The Balaban J connectivity index is 0.000000229. The van der Waals surface area contributed by atoms with E-state index < -0.39 is 84.8 Å². The molecule has 2 saturated carbocycles. The number of alkyl halides is 9. The third kappa shape index (κ3) is 14.0. The monoisotopic (exact) mass is 1160 g/mol. The number of hydrogen-bond donors (Lipinski definition) is 5. The van der Waals surface area contributed by atoms with Crippen molar-refractivity contribution in [1.82, 2.24) is 20.0 Å². The molecule has 28 heteroatoms. The summed E-state index contributed by atoms with van der Waals surface area (Å²) in [6.45, 7) is 9.53. The number of nitrogens with zero attached hydrogens (tertiary/aromatic N) is 3. The number of anilines is 2. The van der Waals surface area contributed by atoms with Crippen molar-refractivity contribution in [2.24, 2.45) is 32.9 Å². The minimum absolute atomic E-state index is 0.0100. The van der Waals surface area contributed by atoms with Gasteiger partial charge in [-0.25, -0.2) is 10.3 Å². The zero-order valence-electron chi connectivity index (χ0n) is 43.8. The Kier molecular flexibility index (Phi) is 18.2. The van der Waals surface area contributed by atoms with E-state index in [1.54, 1.807) is 18.7 Å². The molecule has 6 aliphatic rings. The Morgan fingerprint density at radius 3 is 1.45 bits per heavy atom. The van der Waals surface area contributed by atoms with E-state index in [0.717, 1.165) is 55.6 Å². The van der Waals surface area contributed by atoms with Gasteiger partial charge in [-0.1, -0.05) is 27.7 Å². The predicted octanol–water partition coefficient (Wildman–Crippen LogP) is 7.14. The number of hydrogen-bond acceptors (Lipinski definition) is 10. The molecule has 17 nitrogen and oxygen atoms in total. The van der Waals surface area contributed by atoms with E-state index in [2.05, 4.69) is 5.32 Å². The molecule has 0 bridgehead atoms. The average Bonchev–Trinajstić information content (AvgIpc) is 4.10. The number of nitrogens with one attached hydrogen (secondary N) is 3. The van der Waals surface area contributed by atoms with Crippen LogP contribution in [0, 0.1) is 22.7 Å². The molecule has 4 fully saturated rings. The van der Waals surface area contributed by atoms with Crippen molar-refractivity contribution in [3.05, 3.63) is 57.6 Å². The molecule has 2 aromatic carbocycles. The molecule has 2 saturated heterocycles. The van der Waals surface area contributed by atoms with Gasteiger partial charge in [0.1, 0.15) is 0 Å². The van der Waals surface area contributed by atoms with Crippen LogP contribution in [0.3, 0.4) is 0 Å². The number of ether oxygens (including phenoxy) is 2. The summed E-state index contributed by atoms with van der Waals surface area (Å²) in [6.07, 6.45) is -9.37. The van der Waals surface area contributed by atoms with Crippen molar-refractivity contribution in [3.63, 3.8) is 0 Å². The molecule has 0 spiro atoms. The van der Waals surface area contributed by atoms with Crippen molar-refractivity contribution in [2.45, 2.75) is 161 Å². The van der Waals surface area contributed by atoms with Crippen LogP contribution < -0.4 is 25.0 Å². The number of halogens is 9. The molecule has 2 aliphatic carbocycles. The van der Waals surface area contributed by atoms with E-state index in [1.807, 2.05) is 23.3 Å². The van der Waals surface area contributed by atoms with Crippen molar-refractivity contribution >= 4 is 49.5 Å². The summed E-state index contributed by atoms with van der Waals surface area (Å²) in [7, 11) is -8.66. The second-order valence-corrected chi connectivity index (χ2v) is 24.7. The molecule has 0 unspecified atom stereocenters. The molecule has 3 amide bonds. The number of nitrogens with two attached hydrogens (primary N) is 2. The van der Waals surface area contributed by atoms with Crippen LogP contribution in [0.4, 0.5) is 50.9 Å². The Morgan fingerprint density at radius 2 is 1.04 bits per heavy atom. The summed E-state index contributed by atoms with van der Waals surface area (Å²) in [6, 6.07) is 2.32. The lowest BCUT2D eigenvalue weighted by atomic mass is 9.73. The minimum Gasteiger partial charge on any atom is -0.381 e. The SMILES string of the molecule is CC(C)[C@]1(C(=O)N2CCc3c(cc(C(F)(F)F)cc3NS(N)(=O)=O)C2)CC[C@@H](N(C(=O)C(F)(F)F)C2CCOCC2)C1.CC(C)[C@]1(C(=O)N2CCc3c(cc(C(F)(F)F)cc3NS(N)(=O)=O)C2)CC[C@@H](NC2CCOCC2)C1. The van der Waals surface area contributed by atoms with Crippen LogP contribution in [0.5, 0.6) is 0 Å². The Morgan fingerprint density at radius 1 is 0.615 bits per heavy atom. The second-order valence-electron chi connectivity index (χ2n) is 22.1. The first-order valence-electron chi connectivity index (χ1n) is 26.1. The standard InChI is InChI=1S/C26H34F6N4O5S.C24H35F3N4O4S/c1-15(2)24(7-3-19(13-24)36(23(38)26(30,31)32)18-5-9-41-10-6-18)22(37)35-8-4-20-16(14-35)11-17(25(27,28)29)12-21(20)34-42(33,39)40;1-15(2)23(7-3-19(13-23)29-18-5-9-35-10-6-18)22(32)31-8-4-20-16(14-31)11-17(24(25,26)27)12-21(20)30-36(28,33)34/h11-12,15,18-19,34H,3-10,13-14H2,1-2H3,(H2,33,39,40);11-12,15,18-19,29-30H,3-10,13-14H2,1-2H3,(H2,28,33,34)/t19-,24+;19-,23+/m11/s1. The molecule has 4 atom stereocenters. The fourth-order valence-corrected chi connectivity index (χ4v) is 13.5. The minimum atomic E-state index is -5.10. The maximum atomic E-state index is 14.1. The van der Waals surface area contributed by atoms with E-state index in [9.17, 15) is 70.7 Å². The Hall–Kier alpha value is -4.48. The number of benzene rings is 2. The maximum absolute atomic E-state index is 14.1. The van der Waals surface area contributed by atoms with Crippen LogP contribution in [0.1, 0.15) is 125 Å². The number of carbonyl (C=O) groups excluding carboxylic acids is 3. The fourth-order valence-electron chi connectivity index (χ4n) is 12.6. The molecule has 8 rings (SSSR count). The second kappa shape index (κ2) is 23.2. The first-order valence-corrected chi connectivity index (χ1v) is 29.2. The highest BCUT2D eigenvalue weighted by atomic mass is 32.2. The first-order chi connectivity index (χ1) is 36.1.